The average molecular weight is 1190 g/mol. The van der Waals surface area contributed by atoms with Crippen molar-refractivity contribution in [2.45, 2.75) is 38.5 Å². The summed E-state index contributed by atoms with van der Waals surface area (Å²) in [6.07, 6.45) is 6.87. The Kier molecular flexibility index (Phi) is 15.5. The SMILES string of the molecule is C=Cc1ccc(-c2ccc3cc(OCC(C)CCC(C)CC4(c5ccccc5)c5ccccc5-c5ccc(N(c6ccc(-c7ccccc7)cc6)c6ccc(-c7ccc8c(c7)c7cc(-c9ccc(C=C)cc9)ccc7n8-c7ccccc7)cc6)cc54)ccc3c2)cc1. The summed E-state index contributed by atoms with van der Waals surface area (Å²) < 4.78 is 8.98. The van der Waals surface area contributed by atoms with Crippen LogP contribution in [-0.2, 0) is 5.41 Å². The highest BCUT2D eigenvalue weighted by atomic mass is 16.5. The third kappa shape index (κ3) is 10.9. The third-order valence-corrected chi connectivity index (χ3v) is 19.2. The van der Waals surface area contributed by atoms with Gasteiger partial charge in [-0.25, -0.2) is 0 Å². The maximum atomic E-state index is 6.58. The Labute approximate surface area is 541 Å². The highest BCUT2D eigenvalue weighted by molar-refractivity contribution is 6.12. The van der Waals surface area contributed by atoms with Gasteiger partial charge in [0, 0.05) is 38.9 Å². The highest BCUT2D eigenvalue weighted by Crippen LogP contribution is 2.57. The van der Waals surface area contributed by atoms with Crippen LogP contribution >= 0.6 is 0 Å². The number of rotatable bonds is 19. The van der Waals surface area contributed by atoms with Crippen LogP contribution < -0.4 is 9.64 Å². The van der Waals surface area contributed by atoms with Crippen molar-refractivity contribution >= 4 is 61.8 Å². The van der Waals surface area contributed by atoms with Crippen molar-refractivity contribution in [2.75, 3.05) is 11.5 Å². The standard InChI is InChI=1S/C89H72N2O/c1-5-63-28-32-67(33-29-63)70-36-37-72-55-80(50-42-71(72)54-70)92-60-62(4)27-26-61(3)59-89(75-20-12-8-13-21-75)85-25-17-16-24-81(85)82-51-49-79(58-86(82)89)90(77-45-38-66(39-46-77)65-18-10-7-11-19-65)78-47-40-69(41-48-78)74-44-53-88-84(57-74)83-56-73(68-34-30-64(6-2)31-35-68)43-52-87(83)91(88)76-22-14-9-15-23-76/h5-25,28-58,61-62H,1-2,26-27,59-60H2,3-4H3. The molecule has 3 unspecified atom stereocenters. The van der Waals surface area contributed by atoms with Gasteiger partial charge in [0.2, 0.25) is 0 Å². The van der Waals surface area contributed by atoms with Gasteiger partial charge in [0.1, 0.15) is 5.75 Å². The van der Waals surface area contributed by atoms with E-state index in [1.54, 1.807) is 0 Å². The first-order valence-corrected chi connectivity index (χ1v) is 32.4. The summed E-state index contributed by atoms with van der Waals surface area (Å²) in [6, 6.07) is 112. The molecule has 0 radical (unpaired) electrons. The molecule has 0 fully saturated rings. The number of hydrogen-bond donors (Lipinski definition) is 0. The van der Waals surface area contributed by atoms with E-state index >= 15 is 0 Å². The molecule has 0 N–H and O–H groups in total. The lowest BCUT2D eigenvalue weighted by atomic mass is 9.67. The first kappa shape index (κ1) is 57.4. The van der Waals surface area contributed by atoms with Crippen molar-refractivity contribution in [3.05, 3.63) is 344 Å². The number of aromatic nitrogens is 1. The topological polar surface area (TPSA) is 17.4 Å². The van der Waals surface area contributed by atoms with Gasteiger partial charge < -0.3 is 14.2 Å². The molecule has 15 rings (SSSR count). The number of nitrogens with zero attached hydrogens (tertiary/aromatic N) is 2. The minimum absolute atomic E-state index is 0.370. The predicted molar refractivity (Wildman–Crippen MR) is 391 cm³/mol. The maximum absolute atomic E-state index is 6.58. The lowest BCUT2D eigenvalue weighted by Crippen LogP contribution is -2.30. The fourth-order valence-electron chi connectivity index (χ4n) is 14.4. The fraction of sp³-hybridized carbons (Fsp3) is 0.101. The molecule has 0 saturated heterocycles. The Morgan fingerprint density at radius 2 is 0.848 bits per heavy atom. The second kappa shape index (κ2) is 24.8. The number of anilines is 3. The summed E-state index contributed by atoms with van der Waals surface area (Å²) in [4.78, 5) is 2.46. The van der Waals surface area contributed by atoms with Gasteiger partial charge in [0.05, 0.1) is 17.6 Å². The highest BCUT2D eigenvalue weighted by Gasteiger charge is 2.45. The van der Waals surface area contributed by atoms with E-state index in [0.717, 1.165) is 64.5 Å². The fourth-order valence-corrected chi connectivity index (χ4v) is 14.4. The Bertz CT molecular complexity index is 4990. The van der Waals surface area contributed by atoms with Crippen LogP contribution in [0, 0.1) is 11.8 Å². The summed E-state index contributed by atoms with van der Waals surface area (Å²) in [7, 11) is 0. The Morgan fingerprint density at radius 1 is 0.391 bits per heavy atom. The van der Waals surface area contributed by atoms with E-state index in [-0.39, 0.29) is 0 Å². The number of ether oxygens (including phenoxy) is 1. The first-order valence-electron chi connectivity index (χ1n) is 32.4. The molecule has 0 saturated carbocycles. The van der Waals surface area contributed by atoms with Gasteiger partial charge in [-0.05, 0) is 210 Å². The van der Waals surface area contributed by atoms with Crippen LogP contribution in [0.5, 0.6) is 5.75 Å². The number of benzene rings is 13. The Balaban J connectivity index is 0.754. The van der Waals surface area contributed by atoms with Crippen LogP contribution in [0.1, 0.15) is 60.9 Å². The Hall–Kier alpha value is -11.0. The summed E-state index contributed by atoms with van der Waals surface area (Å²) in [5.74, 6) is 1.68. The minimum atomic E-state index is -0.395. The van der Waals surface area contributed by atoms with Gasteiger partial charge in [-0.3, -0.25) is 0 Å². The molecule has 1 heterocycles. The van der Waals surface area contributed by atoms with Crippen molar-refractivity contribution in [3.8, 4) is 67.1 Å². The zero-order chi connectivity index (χ0) is 62.1. The minimum Gasteiger partial charge on any atom is -0.493 e. The normalized spacial score (nSPS) is 14.0. The van der Waals surface area contributed by atoms with E-state index in [1.807, 2.05) is 12.2 Å². The molecule has 1 aromatic heterocycles. The van der Waals surface area contributed by atoms with Gasteiger partial charge in [0.25, 0.3) is 0 Å². The van der Waals surface area contributed by atoms with Crippen molar-refractivity contribution in [1.29, 1.82) is 0 Å². The molecule has 0 spiro atoms. The van der Waals surface area contributed by atoms with E-state index < -0.39 is 5.41 Å². The van der Waals surface area contributed by atoms with Gasteiger partial charge in [-0.15, -0.1) is 0 Å². The first-order chi connectivity index (χ1) is 45.3. The lowest BCUT2D eigenvalue weighted by molar-refractivity contribution is 0.240. The number of fused-ring (bicyclic) bond motifs is 7. The van der Waals surface area contributed by atoms with Gasteiger partial charge >= 0.3 is 0 Å². The quantitative estimate of drug-likeness (QED) is 0.0803. The van der Waals surface area contributed by atoms with Crippen LogP contribution in [0.2, 0.25) is 0 Å². The van der Waals surface area contributed by atoms with Crippen LogP contribution in [0.3, 0.4) is 0 Å². The number of para-hydroxylation sites is 1. The predicted octanol–water partition coefficient (Wildman–Crippen LogP) is 24.2. The van der Waals surface area contributed by atoms with E-state index in [9.17, 15) is 0 Å². The van der Waals surface area contributed by atoms with E-state index in [4.69, 9.17) is 4.74 Å². The zero-order valence-electron chi connectivity index (χ0n) is 52.2. The molecule has 0 bridgehead atoms. The monoisotopic (exact) mass is 1180 g/mol. The number of hydrogen-bond acceptors (Lipinski definition) is 2. The lowest BCUT2D eigenvalue weighted by Gasteiger charge is -2.36. The molecule has 3 nitrogen and oxygen atoms in total. The molecule has 0 aliphatic heterocycles. The molecule has 13 aromatic carbocycles. The smallest absolute Gasteiger partial charge is 0.119 e. The molecule has 3 heteroatoms. The van der Waals surface area contributed by atoms with E-state index in [2.05, 4.69) is 340 Å². The van der Waals surface area contributed by atoms with E-state index in [0.29, 0.717) is 18.4 Å². The van der Waals surface area contributed by atoms with E-state index in [1.165, 1.54) is 99.3 Å². The van der Waals surface area contributed by atoms with Crippen molar-refractivity contribution in [2.24, 2.45) is 11.8 Å². The molecule has 1 aliphatic carbocycles. The third-order valence-electron chi connectivity index (χ3n) is 19.2. The molecular formula is C89H72N2O. The maximum Gasteiger partial charge on any atom is 0.119 e. The van der Waals surface area contributed by atoms with Crippen molar-refractivity contribution < 1.29 is 4.74 Å². The second-order valence-corrected chi connectivity index (χ2v) is 25.2. The van der Waals surface area contributed by atoms with Gasteiger partial charge in [-0.1, -0.05) is 258 Å². The molecule has 3 atom stereocenters. The summed E-state index contributed by atoms with van der Waals surface area (Å²) in [5, 5.41) is 4.82. The molecule has 1 aliphatic rings. The summed E-state index contributed by atoms with van der Waals surface area (Å²) in [5.41, 5.74) is 24.8. The van der Waals surface area contributed by atoms with Crippen LogP contribution in [-0.4, -0.2) is 11.2 Å². The Morgan fingerprint density at radius 3 is 1.46 bits per heavy atom. The molecule has 444 valence electrons. The average Bonchev–Trinajstić information content (AvgIpc) is 1.55. The molecule has 92 heavy (non-hydrogen) atoms. The summed E-state index contributed by atoms with van der Waals surface area (Å²) in [6.45, 7) is 13.4. The zero-order valence-corrected chi connectivity index (χ0v) is 52.2. The molecular weight excluding hydrogens is 1110 g/mol. The van der Waals surface area contributed by atoms with Crippen LogP contribution in [0.25, 0.3) is 106 Å². The van der Waals surface area contributed by atoms with Crippen LogP contribution in [0.4, 0.5) is 17.1 Å². The van der Waals surface area contributed by atoms with Gasteiger partial charge in [-0.2, -0.15) is 0 Å². The van der Waals surface area contributed by atoms with Crippen molar-refractivity contribution in [1.82, 2.24) is 4.57 Å². The molecule has 14 aromatic rings. The van der Waals surface area contributed by atoms with Crippen molar-refractivity contribution in [3.63, 3.8) is 0 Å². The largest absolute Gasteiger partial charge is 0.493 e. The van der Waals surface area contributed by atoms with Gasteiger partial charge in [0.15, 0.2) is 0 Å². The molecule has 0 amide bonds. The summed E-state index contributed by atoms with van der Waals surface area (Å²) >= 11 is 0. The van der Waals surface area contributed by atoms with Crippen LogP contribution in [0.15, 0.2) is 316 Å². The second-order valence-electron chi connectivity index (χ2n) is 25.2.